The molecule has 4 amide bonds. The molecule has 13 nitrogen and oxygen atoms in total. The fourth-order valence-corrected chi connectivity index (χ4v) is 9.77. The lowest BCUT2D eigenvalue weighted by Gasteiger charge is -2.31. The van der Waals surface area contributed by atoms with Crippen LogP contribution in [0.15, 0.2) is 46.5 Å². The number of ether oxygens (including phenoxy) is 2. The Hall–Kier alpha value is -4.91. The molecule has 0 aliphatic carbocycles. The molecule has 3 aromatic rings. The van der Waals surface area contributed by atoms with Crippen LogP contribution >= 0.6 is 20.7 Å². The van der Waals surface area contributed by atoms with Gasteiger partial charge in [0.15, 0.2) is 0 Å². The molecule has 4 atom stereocenters. The predicted octanol–water partition coefficient (Wildman–Crippen LogP) is 5.38. The van der Waals surface area contributed by atoms with Crippen LogP contribution < -0.4 is 16.0 Å². The first kappa shape index (κ1) is 38.8. The normalized spacial score (nSPS) is 19.3. The zero-order valence-corrected chi connectivity index (χ0v) is 33.7. The van der Waals surface area contributed by atoms with Crippen molar-refractivity contribution in [3.05, 3.63) is 69.1 Å². The Morgan fingerprint density at radius 3 is 1.96 bits per heavy atom. The quantitative estimate of drug-likeness (QED) is 0.165. The SMILES string of the molecule is COC(=O)N[C@H](C(=O)N1CCC[C@H]1C1=IC=C(c2ccc(C#Cc3ccc4nc([C@@H]5CCCN5C(=O)[C@@H](NC(=O)OC)C(C)C)[nH]c4c3)cc2)N1)C(C)C. The lowest BCUT2D eigenvalue weighted by molar-refractivity contribution is -0.135. The largest absolute Gasteiger partial charge is 0.453 e. The summed E-state index contributed by atoms with van der Waals surface area (Å²) >= 11 is -0.428. The molecule has 6 rings (SSSR count). The standard InChI is InChI=1S/C40H48IN7O6/c1-23(2)33(45-39(51)53-5)37(49)47-19-7-9-31(47)35-41-22-30(42-35)27-16-13-25(14-17-27)11-12-26-15-18-28-29(21-26)44-36(43-28)32-10-8-20-48(32)38(50)34(24(3)4)46-40(52)54-6/h13-18,21-24,31-34,42H,7-10,19-20H2,1-6H3,(H,43,44)(H,45,51)(H,46,52)/t31-,32-,33-,34-/m0/s1. The molecule has 3 aliphatic heterocycles. The summed E-state index contributed by atoms with van der Waals surface area (Å²) in [6.07, 6.45) is 2.21. The summed E-state index contributed by atoms with van der Waals surface area (Å²) < 4.78 is 13.0. The van der Waals surface area contributed by atoms with Crippen molar-refractivity contribution in [3.8, 4) is 11.8 Å². The lowest BCUT2D eigenvalue weighted by atomic mass is 10.0. The van der Waals surface area contributed by atoms with Gasteiger partial charge in [0.2, 0.25) is 11.8 Å². The van der Waals surface area contributed by atoms with Gasteiger partial charge in [-0.1, -0.05) is 72.4 Å². The van der Waals surface area contributed by atoms with Crippen molar-refractivity contribution in [2.24, 2.45) is 11.8 Å². The lowest BCUT2D eigenvalue weighted by Crippen LogP contribution is -2.54. The summed E-state index contributed by atoms with van der Waals surface area (Å²) in [6, 6.07) is 12.5. The number of halogens is 1. The average molecular weight is 850 g/mol. The summed E-state index contributed by atoms with van der Waals surface area (Å²) in [7, 11) is 2.59. The summed E-state index contributed by atoms with van der Waals surface area (Å²) in [5.41, 5.74) is 5.47. The minimum absolute atomic E-state index is 0.000311. The number of amides is 4. The summed E-state index contributed by atoms with van der Waals surface area (Å²) in [6.45, 7) is 8.90. The first-order valence-corrected chi connectivity index (χ1v) is 20.7. The molecule has 4 heterocycles. The fourth-order valence-electron chi connectivity index (χ4n) is 7.10. The van der Waals surface area contributed by atoms with Crippen molar-refractivity contribution in [2.45, 2.75) is 77.5 Å². The molecule has 14 heteroatoms. The number of rotatable bonds is 9. The molecule has 0 radical (unpaired) electrons. The van der Waals surface area contributed by atoms with Gasteiger partial charge in [0.1, 0.15) is 17.9 Å². The molecule has 3 aliphatic rings. The van der Waals surface area contributed by atoms with Gasteiger partial charge in [-0.3, -0.25) is 9.59 Å². The van der Waals surface area contributed by atoms with E-state index >= 15 is 0 Å². The number of alkyl carbamates (subject to hydrolysis) is 2. The zero-order chi connectivity index (χ0) is 38.5. The highest BCUT2D eigenvalue weighted by atomic mass is 127. The smallest absolute Gasteiger partial charge is 0.407 e. The minimum Gasteiger partial charge on any atom is -0.453 e. The van der Waals surface area contributed by atoms with Crippen LogP contribution in [-0.4, -0.2) is 92.8 Å². The molecule has 0 unspecified atom stereocenters. The van der Waals surface area contributed by atoms with Crippen LogP contribution in [0.3, 0.4) is 0 Å². The Morgan fingerprint density at radius 1 is 0.815 bits per heavy atom. The van der Waals surface area contributed by atoms with E-state index in [4.69, 9.17) is 14.5 Å². The Morgan fingerprint density at radius 2 is 1.37 bits per heavy atom. The number of carbonyl (C=O) groups excluding carboxylic acids is 4. The van der Waals surface area contributed by atoms with Gasteiger partial charge < -0.3 is 40.2 Å². The zero-order valence-electron chi connectivity index (χ0n) is 31.5. The number of imidazole rings is 1. The highest BCUT2D eigenvalue weighted by Gasteiger charge is 2.39. The first-order chi connectivity index (χ1) is 26.0. The first-order valence-electron chi connectivity index (χ1n) is 18.4. The van der Waals surface area contributed by atoms with E-state index in [1.54, 1.807) is 4.90 Å². The van der Waals surface area contributed by atoms with Gasteiger partial charge in [-0.05, 0) is 77.5 Å². The van der Waals surface area contributed by atoms with Crippen LogP contribution in [0.2, 0.25) is 0 Å². The van der Waals surface area contributed by atoms with E-state index in [0.717, 1.165) is 64.9 Å². The molecule has 2 saturated heterocycles. The molecule has 286 valence electrons. The second-order valence-electron chi connectivity index (χ2n) is 14.4. The van der Waals surface area contributed by atoms with Crippen LogP contribution in [-0.2, 0) is 19.1 Å². The number of likely N-dealkylation sites (tertiary alicyclic amines) is 2. The number of nitrogens with one attached hydrogen (secondary N) is 4. The van der Waals surface area contributed by atoms with Crippen molar-refractivity contribution in [2.75, 3.05) is 27.3 Å². The number of benzene rings is 2. The van der Waals surface area contributed by atoms with E-state index in [0.29, 0.717) is 13.1 Å². The third-order valence-electron chi connectivity index (χ3n) is 10.0. The number of H-pyrrole nitrogens is 1. The second kappa shape index (κ2) is 17.0. The van der Waals surface area contributed by atoms with Gasteiger partial charge in [0.25, 0.3) is 0 Å². The number of hydrogen-bond acceptors (Lipinski definition) is 8. The summed E-state index contributed by atoms with van der Waals surface area (Å²) in [5, 5.41) is 9.05. The van der Waals surface area contributed by atoms with Gasteiger partial charge in [0, 0.05) is 24.2 Å². The number of carbonyl (C=O) groups is 4. The van der Waals surface area contributed by atoms with Crippen LogP contribution in [0.5, 0.6) is 0 Å². The third-order valence-corrected chi connectivity index (χ3v) is 12.6. The van der Waals surface area contributed by atoms with Crippen molar-refractivity contribution >= 4 is 65.1 Å². The van der Waals surface area contributed by atoms with E-state index in [1.165, 1.54) is 17.9 Å². The van der Waals surface area contributed by atoms with Crippen molar-refractivity contribution in [1.82, 2.24) is 35.7 Å². The summed E-state index contributed by atoms with van der Waals surface area (Å²) in [5.74, 6) is 6.88. The molecule has 0 bridgehead atoms. The average Bonchev–Trinajstić information content (AvgIpc) is 4.00. The molecule has 4 N–H and O–H groups in total. The molecular formula is C40H48IN7O6. The number of aromatic amines is 1. The number of hydrogen-bond donors (Lipinski definition) is 4. The van der Waals surface area contributed by atoms with E-state index in [2.05, 4.69) is 49.0 Å². The van der Waals surface area contributed by atoms with E-state index in [-0.39, 0.29) is 35.7 Å². The van der Waals surface area contributed by atoms with Gasteiger partial charge in [-0.15, -0.1) is 0 Å². The van der Waals surface area contributed by atoms with E-state index in [9.17, 15) is 19.2 Å². The van der Waals surface area contributed by atoms with Crippen molar-refractivity contribution in [1.29, 1.82) is 0 Å². The van der Waals surface area contributed by atoms with Crippen LogP contribution in [0, 0.1) is 23.7 Å². The number of aromatic nitrogens is 2. The Balaban J connectivity index is 1.09. The topological polar surface area (TPSA) is 158 Å². The van der Waals surface area contributed by atoms with Gasteiger partial charge >= 0.3 is 12.2 Å². The Labute approximate surface area is 325 Å². The van der Waals surface area contributed by atoms with Crippen LogP contribution in [0.25, 0.3) is 16.7 Å². The molecule has 2 fully saturated rings. The highest BCUT2D eigenvalue weighted by Crippen LogP contribution is 2.33. The van der Waals surface area contributed by atoms with Gasteiger partial charge in [-0.25, -0.2) is 14.6 Å². The molecule has 0 spiro atoms. The maximum Gasteiger partial charge on any atom is 0.407 e. The van der Waals surface area contributed by atoms with Crippen molar-refractivity contribution < 1.29 is 28.7 Å². The van der Waals surface area contributed by atoms with E-state index in [1.807, 2.05) is 62.9 Å². The third kappa shape index (κ3) is 8.56. The van der Waals surface area contributed by atoms with Gasteiger partial charge in [-0.2, -0.15) is 0 Å². The number of methoxy groups -OCH3 is 2. The Bertz CT molecular complexity index is 2030. The molecule has 2 aromatic carbocycles. The van der Waals surface area contributed by atoms with Crippen LogP contribution in [0.4, 0.5) is 9.59 Å². The minimum atomic E-state index is -0.691. The molecule has 1 aromatic heterocycles. The van der Waals surface area contributed by atoms with Crippen molar-refractivity contribution in [3.63, 3.8) is 0 Å². The maximum absolute atomic E-state index is 13.6. The Kier molecular flexibility index (Phi) is 12.3. The monoisotopic (exact) mass is 849 g/mol. The summed E-state index contributed by atoms with van der Waals surface area (Å²) in [4.78, 5) is 63.0. The van der Waals surface area contributed by atoms with E-state index < -0.39 is 45.0 Å². The van der Waals surface area contributed by atoms with Gasteiger partial charge in [0.05, 0.1) is 46.7 Å². The predicted molar refractivity (Wildman–Crippen MR) is 215 cm³/mol. The molecule has 0 saturated carbocycles. The number of nitrogens with zero attached hydrogens (tertiary/aromatic N) is 3. The van der Waals surface area contributed by atoms with Crippen LogP contribution in [0.1, 0.15) is 81.9 Å². The maximum atomic E-state index is 13.6. The number of fused-ring (bicyclic) bond motifs is 1. The molecule has 54 heavy (non-hydrogen) atoms. The highest BCUT2D eigenvalue weighted by molar-refractivity contribution is 14.2. The second-order valence-corrected chi connectivity index (χ2v) is 16.8. The fraction of sp³-hybridized carbons (Fsp3) is 0.450. The molecular weight excluding hydrogens is 801 g/mol.